The summed E-state index contributed by atoms with van der Waals surface area (Å²) in [7, 11) is 2.87. The molecule has 8 nitrogen and oxygen atoms in total. The van der Waals surface area contributed by atoms with E-state index in [-0.39, 0.29) is 6.54 Å². The Hall–Kier alpha value is -2.74. The van der Waals surface area contributed by atoms with Gasteiger partial charge in [0.15, 0.2) is 0 Å². The Bertz CT molecular complexity index is 843. The average molecular weight is 340 g/mol. The highest BCUT2D eigenvalue weighted by molar-refractivity contribution is 6.32. The van der Waals surface area contributed by atoms with Crippen LogP contribution in [-0.4, -0.2) is 29.7 Å². The molecular weight excluding hydrogens is 326 g/mol. The van der Waals surface area contributed by atoms with Crippen LogP contribution in [0.2, 0.25) is 5.02 Å². The highest BCUT2D eigenvalue weighted by Gasteiger charge is 2.13. The lowest BCUT2D eigenvalue weighted by atomic mass is 10.2. The number of benzene rings is 1. The predicted octanol–water partition coefficient (Wildman–Crippen LogP) is 0.846. The van der Waals surface area contributed by atoms with Crippen LogP contribution in [-0.2, 0) is 11.3 Å². The number of aromatic amines is 1. The molecule has 1 heterocycles. The van der Waals surface area contributed by atoms with Crippen molar-refractivity contribution in [3.8, 4) is 11.5 Å². The average Bonchev–Trinajstić information content (AvgIpc) is 2.51. The van der Waals surface area contributed by atoms with E-state index in [4.69, 9.17) is 21.1 Å². The van der Waals surface area contributed by atoms with Crippen molar-refractivity contribution in [3.05, 3.63) is 50.3 Å². The number of ether oxygens (including phenoxy) is 2. The number of halogens is 1. The maximum Gasteiger partial charge on any atom is 0.328 e. The number of amides is 1. The molecule has 0 aliphatic heterocycles. The van der Waals surface area contributed by atoms with Gasteiger partial charge in [0.05, 0.1) is 24.9 Å². The predicted molar refractivity (Wildman–Crippen MR) is 84.5 cm³/mol. The quantitative estimate of drug-likeness (QED) is 0.840. The molecule has 2 aromatic rings. The fourth-order valence-electron chi connectivity index (χ4n) is 1.87. The zero-order valence-corrected chi connectivity index (χ0v) is 13.1. The minimum atomic E-state index is -0.673. The van der Waals surface area contributed by atoms with Gasteiger partial charge in [0.1, 0.15) is 18.0 Å². The lowest BCUT2D eigenvalue weighted by Crippen LogP contribution is -2.32. The first kappa shape index (κ1) is 16.6. The fourth-order valence-corrected chi connectivity index (χ4v) is 2.10. The van der Waals surface area contributed by atoms with Crippen LogP contribution in [0.3, 0.4) is 0 Å². The van der Waals surface area contributed by atoms with Crippen molar-refractivity contribution in [2.24, 2.45) is 0 Å². The number of nitrogens with one attached hydrogen (secondary N) is 2. The summed E-state index contributed by atoms with van der Waals surface area (Å²) in [5, 5.41) is 2.93. The second-order valence-electron chi connectivity index (χ2n) is 4.47. The summed E-state index contributed by atoms with van der Waals surface area (Å²) in [5.74, 6) is 0.226. The van der Waals surface area contributed by atoms with E-state index in [0.29, 0.717) is 22.2 Å². The van der Waals surface area contributed by atoms with Crippen LogP contribution in [0, 0.1) is 0 Å². The number of rotatable bonds is 5. The lowest BCUT2D eigenvalue weighted by Gasteiger charge is -2.13. The molecule has 1 aromatic carbocycles. The van der Waals surface area contributed by atoms with Crippen LogP contribution in [0.5, 0.6) is 11.5 Å². The number of carbonyl (C=O) groups is 1. The maximum atomic E-state index is 12.1. The van der Waals surface area contributed by atoms with Crippen LogP contribution in [0.25, 0.3) is 0 Å². The van der Waals surface area contributed by atoms with Crippen molar-refractivity contribution < 1.29 is 14.3 Å². The van der Waals surface area contributed by atoms with Gasteiger partial charge in [0.2, 0.25) is 5.91 Å². The number of H-pyrrole nitrogens is 1. The molecule has 23 heavy (non-hydrogen) atoms. The minimum absolute atomic E-state index is 0.274. The summed E-state index contributed by atoms with van der Waals surface area (Å²) < 4.78 is 11.3. The molecule has 2 N–H and O–H groups in total. The van der Waals surface area contributed by atoms with Gasteiger partial charge in [0.25, 0.3) is 5.56 Å². The molecule has 0 unspecified atom stereocenters. The van der Waals surface area contributed by atoms with E-state index in [0.717, 1.165) is 10.6 Å². The van der Waals surface area contributed by atoms with Crippen molar-refractivity contribution in [1.29, 1.82) is 0 Å². The first-order valence-corrected chi connectivity index (χ1v) is 6.83. The largest absolute Gasteiger partial charge is 0.495 e. The lowest BCUT2D eigenvalue weighted by molar-refractivity contribution is -0.116. The fraction of sp³-hybridized carbons (Fsp3) is 0.214. The molecule has 1 amide bonds. The second-order valence-corrected chi connectivity index (χ2v) is 4.88. The van der Waals surface area contributed by atoms with Crippen LogP contribution in [0.4, 0.5) is 5.69 Å². The molecule has 0 aliphatic rings. The summed E-state index contributed by atoms with van der Waals surface area (Å²) in [4.78, 5) is 36.7. The third-order valence-corrected chi connectivity index (χ3v) is 3.25. The molecule has 0 fully saturated rings. The van der Waals surface area contributed by atoms with Crippen LogP contribution < -0.4 is 26.0 Å². The Morgan fingerprint density at radius 1 is 1.26 bits per heavy atom. The van der Waals surface area contributed by atoms with Crippen LogP contribution in [0.1, 0.15) is 0 Å². The number of carbonyl (C=O) groups excluding carboxylic acids is 1. The Morgan fingerprint density at radius 3 is 2.57 bits per heavy atom. The molecular formula is C14H14ClN3O5. The van der Waals surface area contributed by atoms with Crippen molar-refractivity contribution in [2.45, 2.75) is 6.54 Å². The molecule has 2 rings (SSSR count). The number of hydrogen-bond donors (Lipinski definition) is 2. The summed E-state index contributed by atoms with van der Waals surface area (Å²) in [5.41, 5.74) is -0.861. The highest BCUT2D eigenvalue weighted by atomic mass is 35.5. The van der Waals surface area contributed by atoms with Gasteiger partial charge < -0.3 is 14.8 Å². The van der Waals surface area contributed by atoms with Crippen molar-refractivity contribution >= 4 is 23.2 Å². The molecule has 122 valence electrons. The summed E-state index contributed by atoms with van der Waals surface area (Å²) in [6, 6.07) is 4.16. The van der Waals surface area contributed by atoms with Gasteiger partial charge in [-0.2, -0.15) is 0 Å². The molecule has 1 aromatic heterocycles. The monoisotopic (exact) mass is 339 g/mol. The number of nitrogens with zero attached hydrogens (tertiary/aromatic N) is 1. The van der Waals surface area contributed by atoms with Gasteiger partial charge in [0, 0.05) is 24.4 Å². The van der Waals surface area contributed by atoms with E-state index in [1.165, 1.54) is 32.5 Å². The van der Waals surface area contributed by atoms with Gasteiger partial charge in [-0.1, -0.05) is 11.6 Å². The number of methoxy groups -OCH3 is 2. The zero-order chi connectivity index (χ0) is 17.0. The smallest absolute Gasteiger partial charge is 0.328 e. The Balaban J connectivity index is 2.22. The Morgan fingerprint density at radius 2 is 1.96 bits per heavy atom. The third-order valence-electron chi connectivity index (χ3n) is 2.96. The van der Waals surface area contributed by atoms with Gasteiger partial charge in [-0.25, -0.2) is 4.79 Å². The van der Waals surface area contributed by atoms with Gasteiger partial charge in [-0.3, -0.25) is 19.1 Å². The SMILES string of the molecule is COc1cc(NC(=O)Cn2ccc(=O)[nH]c2=O)c(OC)cc1Cl. The van der Waals surface area contributed by atoms with Crippen molar-refractivity contribution in [1.82, 2.24) is 9.55 Å². The van der Waals surface area contributed by atoms with Crippen molar-refractivity contribution in [2.75, 3.05) is 19.5 Å². The maximum absolute atomic E-state index is 12.1. The molecule has 0 spiro atoms. The molecule has 0 atom stereocenters. The van der Waals surface area contributed by atoms with Crippen LogP contribution in [0.15, 0.2) is 34.0 Å². The zero-order valence-electron chi connectivity index (χ0n) is 12.4. The van der Waals surface area contributed by atoms with Gasteiger partial charge >= 0.3 is 5.69 Å². The number of aromatic nitrogens is 2. The minimum Gasteiger partial charge on any atom is -0.495 e. The third kappa shape index (κ3) is 3.92. The van der Waals surface area contributed by atoms with E-state index in [9.17, 15) is 14.4 Å². The topological polar surface area (TPSA) is 102 Å². The van der Waals surface area contributed by atoms with Gasteiger partial charge in [-0.05, 0) is 0 Å². The van der Waals surface area contributed by atoms with E-state index >= 15 is 0 Å². The number of hydrogen-bond acceptors (Lipinski definition) is 5. The number of anilines is 1. The molecule has 9 heteroatoms. The first-order chi connectivity index (χ1) is 10.9. The van der Waals surface area contributed by atoms with E-state index < -0.39 is 17.2 Å². The van der Waals surface area contributed by atoms with Crippen LogP contribution >= 0.6 is 11.6 Å². The molecule has 0 bridgehead atoms. The second kappa shape index (κ2) is 7.01. The van der Waals surface area contributed by atoms with E-state index in [1.807, 2.05) is 0 Å². The van der Waals surface area contributed by atoms with E-state index in [1.54, 1.807) is 0 Å². The van der Waals surface area contributed by atoms with Crippen molar-refractivity contribution in [3.63, 3.8) is 0 Å². The molecule has 0 saturated carbocycles. The summed E-state index contributed by atoms with van der Waals surface area (Å²) >= 11 is 5.99. The van der Waals surface area contributed by atoms with E-state index in [2.05, 4.69) is 10.3 Å². The molecule has 0 radical (unpaired) electrons. The Labute approximate surface area is 135 Å². The normalized spacial score (nSPS) is 10.2. The van der Waals surface area contributed by atoms with Gasteiger partial charge in [-0.15, -0.1) is 0 Å². The first-order valence-electron chi connectivity index (χ1n) is 6.45. The Kier molecular flexibility index (Phi) is 5.07. The molecule has 0 saturated heterocycles. The summed E-state index contributed by atoms with van der Waals surface area (Å²) in [6.45, 7) is -0.274. The highest BCUT2D eigenvalue weighted by Crippen LogP contribution is 2.35. The summed E-state index contributed by atoms with van der Waals surface area (Å²) in [6.07, 6.45) is 1.24. The standard InChI is InChI=1S/C14H14ClN3O5/c1-22-10-6-9(11(23-2)5-8(10)15)16-13(20)7-18-4-3-12(19)17-14(18)21/h3-6H,7H2,1-2H3,(H,16,20)(H,17,19,21). The molecule has 0 aliphatic carbocycles.